The zero-order valence-electron chi connectivity index (χ0n) is 16.4. The fourth-order valence-electron chi connectivity index (χ4n) is 3.84. The zero-order chi connectivity index (χ0) is 19.9. The molecule has 0 amide bonds. The van der Waals surface area contributed by atoms with Gasteiger partial charge in [0.2, 0.25) is 0 Å². The Labute approximate surface area is 163 Å². The molecule has 9 heteroatoms. The van der Waals surface area contributed by atoms with Gasteiger partial charge in [0, 0.05) is 10.6 Å². The summed E-state index contributed by atoms with van der Waals surface area (Å²) in [4.78, 5) is 2.88. The minimum absolute atomic E-state index is 0.240. The third-order valence-electron chi connectivity index (χ3n) is 5.00. The van der Waals surface area contributed by atoms with Crippen molar-refractivity contribution in [1.29, 1.82) is 0 Å². The summed E-state index contributed by atoms with van der Waals surface area (Å²) in [7, 11) is 0. The quantitative estimate of drug-likeness (QED) is 0.432. The first-order valence-corrected chi connectivity index (χ1v) is 9.35. The van der Waals surface area contributed by atoms with Gasteiger partial charge < -0.3 is 28.4 Å². The topological polar surface area (TPSA) is 104 Å². The summed E-state index contributed by atoms with van der Waals surface area (Å²) in [5.41, 5.74) is 10.1. The maximum absolute atomic E-state index is 8.77. The maximum atomic E-state index is 8.77. The summed E-state index contributed by atoms with van der Waals surface area (Å²) in [5, 5.41) is 3.73. The van der Waals surface area contributed by atoms with Gasteiger partial charge >= 0.3 is 0 Å². The van der Waals surface area contributed by atoms with Crippen molar-refractivity contribution in [1.82, 2.24) is 0 Å². The predicted octanol–water partition coefficient (Wildman–Crippen LogP) is 3.54. The third kappa shape index (κ3) is 3.88. The molecule has 152 valence electrons. The van der Waals surface area contributed by atoms with E-state index in [2.05, 4.69) is 10.0 Å². The number of fused-ring (bicyclic) bond motifs is 1. The fourth-order valence-corrected chi connectivity index (χ4v) is 3.84. The van der Waals surface area contributed by atoms with E-state index in [0.717, 1.165) is 5.56 Å². The van der Waals surface area contributed by atoms with Crippen LogP contribution < -0.4 is 0 Å². The Morgan fingerprint density at radius 1 is 1.11 bits per heavy atom. The maximum Gasteiger partial charge on any atom is 0.190 e. The van der Waals surface area contributed by atoms with Crippen LogP contribution in [-0.4, -0.2) is 48.9 Å². The molecular weight excluding hydrogens is 366 g/mol. The van der Waals surface area contributed by atoms with Gasteiger partial charge in [0.15, 0.2) is 17.9 Å². The van der Waals surface area contributed by atoms with E-state index < -0.39 is 30.1 Å². The second-order valence-electron chi connectivity index (χ2n) is 8.03. The summed E-state index contributed by atoms with van der Waals surface area (Å²) in [5.74, 6) is -1.43. The molecule has 3 aliphatic heterocycles. The molecule has 1 aromatic carbocycles. The number of hydrogen-bond donors (Lipinski definition) is 0. The normalized spacial score (nSPS) is 35.5. The van der Waals surface area contributed by atoms with Gasteiger partial charge in [-0.25, -0.2) is 0 Å². The Bertz CT molecular complexity index is 779. The van der Waals surface area contributed by atoms with Gasteiger partial charge in [-0.1, -0.05) is 29.4 Å². The lowest BCUT2D eigenvalue weighted by Gasteiger charge is -2.29. The molecule has 9 nitrogen and oxygen atoms in total. The second kappa shape index (κ2) is 7.27. The smallest absolute Gasteiger partial charge is 0.190 e. The highest BCUT2D eigenvalue weighted by atomic mass is 16.8. The first-order chi connectivity index (χ1) is 13.3. The molecule has 0 bridgehead atoms. The van der Waals surface area contributed by atoms with E-state index >= 15 is 0 Å². The van der Waals surface area contributed by atoms with E-state index in [4.69, 9.17) is 34.0 Å². The number of rotatable bonds is 5. The lowest BCUT2D eigenvalue weighted by molar-refractivity contribution is -0.236. The van der Waals surface area contributed by atoms with Crippen LogP contribution in [0, 0.1) is 0 Å². The second-order valence-corrected chi connectivity index (χ2v) is 8.03. The van der Waals surface area contributed by atoms with Crippen LogP contribution in [0.15, 0.2) is 29.4 Å². The Balaban J connectivity index is 1.53. The van der Waals surface area contributed by atoms with Crippen LogP contribution in [0.25, 0.3) is 10.4 Å². The Kier molecular flexibility index (Phi) is 5.09. The first-order valence-electron chi connectivity index (χ1n) is 9.35. The molecule has 5 atom stereocenters. The Morgan fingerprint density at radius 3 is 2.61 bits per heavy atom. The zero-order valence-corrected chi connectivity index (χ0v) is 16.4. The molecule has 3 aliphatic rings. The van der Waals surface area contributed by atoms with Crippen molar-refractivity contribution in [2.24, 2.45) is 5.11 Å². The molecular formula is C19H25N3O6. The molecule has 28 heavy (non-hydrogen) atoms. The molecule has 1 aromatic rings. The Morgan fingerprint density at radius 2 is 1.89 bits per heavy atom. The van der Waals surface area contributed by atoms with E-state index in [-0.39, 0.29) is 18.8 Å². The average Bonchev–Trinajstić information content (AvgIpc) is 3.23. The van der Waals surface area contributed by atoms with Crippen LogP contribution in [0.1, 0.15) is 33.3 Å². The number of azide groups is 1. The van der Waals surface area contributed by atoms with E-state index in [0.29, 0.717) is 12.3 Å². The molecule has 4 rings (SSSR count). The Hall–Kier alpha value is -1.71. The van der Waals surface area contributed by atoms with Gasteiger partial charge in [-0.2, -0.15) is 0 Å². The van der Waals surface area contributed by atoms with Crippen molar-refractivity contribution < 1.29 is 28.4 Å². The largest absolute Gasteiger partial charge is 0.368 e. The van der Waals surface area contributed by atoms with Gasteiger partial charge in [-0.15, -0.1) is 0 Å². The lowest BCUT2D eigenvalue weighted by Crippen LogP contribution is -2.44. The first kappa shape index (κ1) is 19.6. The van der Waals surface area contributed by atoms with E-state index in [9.17, 15) is 0 Å². The minimum Gasteiger partial charge on any atom is -0.368 e. The summed E-state index contributed by atoms with van der Waals surface area (Å²) < 4.78 is 35.9. The predicted molar refractivity (Wildman–Crippen MR) is 97.4 cm³/mol. The van der Waals surface area contributed by atoms with Gasteiger partial charge in [0.05, 0.1) is 13.2 Å². The van der Waals surface area contributed by atoms with Crippen LogP contribution in [0.3, 0.4) is 0 Å². The fraction of sp³-hybridized carbons (Fsp3) is 0.684. The molecule has 0 aromatic heterocycles. The highest BCUT2D eigenvalue weighted by Crippen LogP contribution is 2.42. The highest BCUT2D eigenvalue weighted by molar-refractivity contribution is 5.45. The lowest BCUT2D eigenvalue weighted by atomic mass is 10.1. The molecule has 0 spiro atoms. The summed E-state index contributed by atoms with van der Waals surface area (Å²) >= 11 is 0. The standard InChI is InChI=1S/C19H25N3O6/c1-18(2)24-10-13(26-18)14-15(16-17(25-14)28-19(3,4)27-16)23-9-11-7-5-6-8-12(11)21-22-20/h5-8,13-17H,9-10H2,1-4H3/t13-,14-,15-,16-,17-/m1/s1. The number of benzene rings is 1. The van der Waals surface area contributed by atoms with Crippen LogP contribution in [0.4, 0.5) is 5.69 Å². The van der Waals surface area contributed by atoms with Crippen molar-refractivity contribution in [2.75, 3.05) is 6.61 Å². The molecule has 0 aliphatic carbocycles. The minimum atomic E-state index is -0.753. The van der Waals surface area contributed by atoms with Crippen LogP contribution >= 0.6 is 0 Å². The molecule has 0 N–H and O–H groups in total. The summed E-state index contributed by atoms with van der Waals surface area (Å²) in [6.45, 7) is 8.06. The van der Waals surface area contributed by atoms with Crippen molar-refractivity contribution in [3.8, 4) is 0 Å². The molecule has 0 saturated carbocycles. The van der Waals surface area contributed by atoms with E-state index in [1.165, 1.54) is 0 Å². The number of nitrogens with zero attached hydrogens (tertiary/aromatic N) is 3. The average molecular weight is 391 g/mol. The van der Waals surface area contributed by atoms with Crippen LogP contribution in [0.2, 0.25) is 0 Å². The SMILES string of the molecule is CC1(C)O[C@H]2O[C@H]([C@H]3COC(C)(C)O3)[C@@H](OCc3ccccc3N=[N+]=[N-])[C@H]2O1. The van der Waals surface area contributed by atoms with Gasteiger partial charge in [0.1, 0.15) is 24.4 Å². The summed E-state index contributed by atoms with van der Waals surface area (Å²) in [6.07, 6.45) is -2.05. The van der Waals surface area contributed by atoms with Crippen molar-refractivity contribution in [3.05, 3.63) is 40.3 Å². The molecule has 3 heterocycles. The third-order valence-corrected chi connectivity index (χ3v) is 5.00. The molecule has 3 fully saturated rings. The summed E-state index contributed by atoms with van der Waals surface area (Å²) in [6, 6.07) is 7.29. The van der Waals surface area contributed by atoms with Gasteiger partial charge in [0.25, 0.3) is 0 Å². The molecule has 0 radical (unpaired) electrons. The monoisotopic (exact) mass is 391 g/mol. The highest BCUT2D eigenvalue weighted by Gasteiger charge is 2.58. The number of ether oxygens (including phenoxy) is 6. The van der Waals surface area contributed by atoms with E-state index in [1.54, 1.807) is 6.07 Å². The number of hydrogen-bond acceptors (Lipinski definition) is 7. The van der Waals surface area contributed by atoms with Crippen molar-refractivity contribution >= 4 is 5.69 Å². The van der Waals surface area contributed by atoms with Gasteiger partial charge in [-0.05, 0) is 38.8 Å². The van der Waals surface area contributed by atoms with Crippen molar-refractivity contribution in [3.63, 3.8) is 0 Å². The van der Waals surface area contributed by atoms with Crippen molar-refractivity contribution in [2.45, 2.75) is 76.6 Å². The molecule has 0 unspecified atom stereocenters. The molecule has 3 saturated heterocycles. The van der Waals surface area contributed by atoms with Gasteiger partial charge in [-0.3, -0.25) is 0 Å². The van der Waals surface area contributed by atoms with E-state index in [1.807, 2.05) is 45.9 Å². The van der Waals surface area contributed by atoms with Crippen LogP contribution in [0.5, 0.6) is 0 Å². The van der Waals surface area contributed by atoms with Crippen LogP contribution in [-0.2, 0) is 35.0 Å².